The topological polar surface area (TPSA) is 50.5 Å². The normalized spacial score (nSPS) is 22.7. The summed E-state index contributed by atoms with van der Waals surface area (Å²) in [5, 5.41) is 3.52. The molecule has 2 fully saturated rings. The van der Waals surface area contributed by atoms with Crippen molar-refractivity contribution in [2.45, 2.75) is 18.4 Å². The van der Waals surface area contributed by atoms with Gasteiger partial charge in [-0.2, -0.15) is 0 Å². The number of hydrogen-bond donors (Lipinski definition) is 2. The van der Waals surface area contributed by atoms with Gasteiger partial charge in [0.15, 0.2) is 0 Å². The Kier molecular flexibility index (Phi) is 3.14. The summed E-state index contributed by atoms with van der Waals surface area (Å²) >= 11 is 0. The molecule has 4 nitrogen and oxygen atoms in total. The van der Waals surface area contributed by atoms with E-state index in [2.05, 4.69) is 16.3 Å². The van der Waals surface area contributed by atoms with Gasteiger partial charge in [-0.3, -0.25) is 4.90 Å². The fourth-order valence-corrected chi connectivity index (χ4v) is 2.70. The van der Waals surface area contributed by atoms with Crippen LogP contribution in [-0.4, -0.2) is 43.3 Å². The molecule has 0 radical (unpaired) electrons. The van der Waals surface area contributed by atoms with E-state index in [1.807, 2.05) is 18.2 Å². The summed E-state index contributed by atoms with van der Waals surface area (Å²) in [6.45, 7) is 4.90. The molecule has 18 heavy (non-hydrogen) atoms. The van der Waals surface area contributed by atoms with Crippen molar-refractivity contribution in [2.24, 2.45) is 0 Å². The van der Waals surface area contributed by atoms with E-state index in [0.29, 0.717) is 5.54 Å². The van der Waals surface area contributed by atoms with E-state index in [1.165, 1.54) is 12.8 Å². The molecule has 1 saturated carbocycles. The summed E-state index contributed by atoms with van der Waals surface area (Å²) in [4.78, 5) is 2.58. The highest BCUT2D eigenvalue weighted by Gasteiger charge is 2.47. The van der Waals surface area contributed by atoms with E-state index in [1.54, 1.807) is 0 Å². The van der Waals surface area contributed by atoms with Crippen molar-refractivity contribution in [3.63, 3.8) is 0 Å². The molecule has 1 heterocycles. The maximum absolute atomic E-state index is 5.79. The van der Waals surface area contributed by atoms with E-state index in [-0.39, 0.29) is 0 Å². The molecule has 98 valence electrons. The number of hydrogen-bond acceptors (Lipinski definition) is 4. The van der Waals surface area contributed by atoms with E-state index < -0.39 is 0 Å². The number of rotatable bonds is 4. The Morgan fingerprint density at radius 2 is 2.06 bits per heavy atom. The van der Waals surface area contributed by atoms with E-state index in [4.69, 9.17) is 10.5 Å². The quantitative estimate of drug-likeness (QED) is 0.793. The van der Waals surface area contributed by atoms with Gasteiger partial charge in [0, 0.05) is 36.5 Å². The molecule has 1 aliphatic heterocycles. The highest BCUT2D eigenvalue weighted by molar-refractivity contribution is 5.54. The Hall–Kier alpha value is -1.26. The van der Waals surface area contributed by atoms with Crippen molar-refractivity contribution >= 4 is 11.4 Å². The molecule has 0 amide bonds. The number of nitrogens with zero attached hydrogens (tertiary/aromatic N) is 1. The van der Waals surface area contributed by atoms with Gasteiger partial charge in [-0.15, -0.1) is 0 Å². The third-order valence-corrected chi connectivity index (χ3v) is 4.02. The minimum Gasteiger partial charge on any atom is -0.399 e. The molecule has 0 aromatic heterocycles. The van der Waals surface area contributed by atoms with Crippen LogP contribution in [0, 0.1) is 0 Å². The Morgan fingerprint density at radius 1 is 1.28 bits per heavy atom. The standard InChI is InChI=1S/C14H21N3O/c15-12-2-1-3-13(10-12)16-11-14(4-5-14)17-6-8-18-9-7-17/h1-3,10,16H,4-9,11,15H2. The van der Waals surface area contributed by atoms with E-state index in [9.17, 15) is 0 Å². The highest BCUT2D eigenvalue weighted by atomic mass is 16.5. The fourth-order valence-electron chi connectivity index (χ4n) is 2.70. The Morgan fingerprint density at radius 3 is 2.72 bits per heavy atom. The third kappa shape index (κ3) is 2.44. The smallest absolute Gasteiger partial charge is 0.0594 e. The fraction of sp³-hybridized carbons (Fsp3) is 0.571. The number of nitrogens with one attached hydrogen (secondary N) is 1. The molecule has 1 saturated heterocycles. The molecular formula is C14H21N3O. The zero-order valence-corrected chi connectivity index (χ0v) is 10.7. The number of ether oxygens (including phenoxy) is 1. The zero-order chi connectivity index (χ0) is 12.4. The van der Waals surface area contributed by atoms with Gasteiger partial charge in [0.2, 0.25) is 0 Å². The lowest BCUT2D eigenvalue weighted by atomic mass is 10.2. The van der Waals surface area contributed by atoms with E-state index in [0.717, 1.165) is 44.2 Å². The molecule has 0 spiro atoms. The molecule has 1 aliphatic carbocycles. The third-order valence-electron chi connectivity index (χ3n) is 4.02. The van der Waals surface area contributed by atoms with Crippen LogP contribution in [-0.2, 0) is 4.74 Å². The predicted octanol–water partition coefficient (Wildman–Crippen LogP) is 1.55. The first-order valence-corrected chi connectivity index (χ1v) is 6.71. The lowest BCUT2D eigenvalue weighted by molar-refractivity contribution is 0.0125. The predicted molar refractivity (Wildman–Crippen MR) is 73.7 cm³/mol. The minimum atomic E-state index is 0.369. The van der Waals surface area contributed by atoms with Crippen LogP contribution in [0.25, 0.3) is 0 Å². The molecular weight excluding hydrogens is 226 g/mol. The monoisotopic (exact) mass is 247 g/mol. The number of nitrogens with two attached hydrogens (primary N) is 1. The average molecular weight is 247 g/mol. The second-order valence-electron chi connectivity index (χ2n) is 5.30. The van der Waals surface area contributed by atoms with Crippen LogP contribution < -0.4 is 11.1 Å². The minimum absolute atomic E-state index is 0.369. The Balaban J connectivity index is 1.59. The van der Waals surface area contributed by atoms with Crippen LogP contribution in [0.4, 0.5) is 11.4 Å². The summed E-state index contributed by atoms with van der Waals surface area (Å²) in [7, 11) is 0. The van der Waals surface area contributed by atoms with Crippen LogP contribution in [0.15, 0.2) is 24.3 Å². The van der Waals surface area contributed by atoms with Crippen molar-refractivity contribution in [2.75, 3.05) is 43.9 Å². The van der Waals surface area contributed by atoms with Crippen molar-refractivity contribution in [3.8, 4) is 0 Å². The SMILES string of the molecule is Nc1cccc(NCC2(N3CCOCC3)CC2)c1. The van der Waals surface area contributed by atoms with Gasteiger partial charge in [-0.05, 0) is 31.0 Å². The first-order valence-electron chi connectivity index (χ1n) is 6.71. The number of nitrogen functional groups attached to an aromatic ring is 1. The number of anilines is 2. The van der Waals surface area contributed by atoms with Crippen LogP contribution >= 0.6 is 0 Å². The molecule has 3 rings (SSSR count). The summed E-state index contributed by atoms with van der Waals surface area (Å²) in [6, 6.07) is 7.98. The van der Waals surface area contributed by atoms with Crippen molar-refractivity contribution in [3.05, 3.63) is 24.3 Å². The van der Waals surface area contributed by atoms with E-state index >= 15 is 0 Å². The van der Waals surface area contributed by atoms with Crippen molar-refractivity contribution in [1.82, 2.24) is 4.90 Å². The molecule has 0 atom stereocenters. The van der Waals surface area contributed by atoms with Crippen LogP contribution in [0.1, 0.15) is 12.8 Å². The molecule has 1 aromatic rings. The molecule has 2 aliphatic rings. The largest absolute Gasteiger partial charge is 0.399 e. The highest BCUT2D eigenvalue weighted by Crippen LogP contribution is 2.42. The summed E-state index contributed by atoms with van der Waals surface area (Å²) < 4.78 is 5.42. The molecule has 3 N–H and O–H groups in total. The van der Waals surface area contributed by atoms with Gasteiger partial charge < -0.3 is 15.8 Å². The van der Waals surface area contributed by atoms with Gasteiger partial charge in [0.05, 0.1) is 13.2 Å². The van der Waals surface area contributed by atoms with Gasteiger partial charge in [-0.25, -0.2) is 0 Å². The van der Waals surface area contributed by atoms with Gasteiger partial charge in [-0.1, -0.05) is 6.07 Å². The maximum Gasteiger partial charge on any atom is 0.0594 e. The van der Waals surface area contributed by atoms with Crippen molar-refractivity contribution in [1.29, 1.82) is 0 Å². The second kappa shape index (κ2) is 4.78. The molecule has 1 aromatic carbocycles. The van der Waals surface area contributed by atoms with Crippen LogP contribution in [0.3, 0.4) is 0 Å². The summed E-state index contributed by atoms with van der Waals surface area (Å²) in [5.74, 6) is 0. The first-order chi connectivity index (χ1) is 8.78. The lowest BCUT2D eigenvalue weighted by Gasteiger charge is -2.35. The van der Waals surface area contributed by atoms with Crippen LogP contribution in [0.5, 0.6) is 0 Å². The van der Waals surface area contributed by atoms with Gasteiger partial charge in [0.25, 0.3) is 0 Å². The maximum atomic E-state index is 5.79. The van der Waals surface area contributed by atoms with Crippen molar-refractivity contribution < 1.29 is 4.74 Å². The molecule has 0 unspecified atom stereocenters. The number of benzene rings is 1. The van der Waals surface area contributed by atoms with Gasteiger partial charge in [0.1, 0.15) is 0 Å². The molecule has 0 bridgehead atoms. The molecule has 4 heteroatoms. The summed E-state index contributed by atoms with van der Waals surface area (Å²) in [6.07, 6.45) is 2.59. The Labute approximate surface area is 108 Å². The van der Waals surface area contributed by atoms with Crippen LogP contribution in [0.2, 0.25) is 0 Å². The lowest BCUT2D eigenvalue weighted by Crippen LogP contribution is -2.48. The van der Waals surface area contributed by atoms with Gasteiger partial charge >= 0.3 is 0 Å². The summed E-state index contributed by atoms with van der Waals surface area (Å²) in [5.41, 5.74) is 8.09. The number of morpholine rings is 1. The Bertz CT molecular complexity index is 411. The first kappa shape index (κ1) is 11.8. The second-order valence-corrected chi connectivity index (χ2v) is 5.30. The average Bonchev–Trinajstić information content (AvgIpc) is 3.19. The zero-order valence-electron chi connectivity index (χ0n) is 10.7.